The van der Waals surface area contributed by atoms with Gasteiger partial charge in [0.2, 0.25) is 5.91 Å². The lowest BCUT2D eigenvalue weighted by molar-refractivity contribution is -0.640. The zero-order chi connectivity index (χ0) is 24.5. The third-order valence-electron chi connectivity index (χ3n) is 9.74. The van der Waals surface area contributed by atoms with Crippen molar-refractivity contribution in [2.75, 3.05) is 32.8 Å². The first-order valence-electron chi connectivity index (χ1n) is 14.2. The highest BCUT2D eigenvalue weighted by Gasteiger charge is 2.56. The van der Waals surface area contributed by atoms with E-state index in [9.17, 15) is 4.79 Å². The number of nitrogens with two attached hydrogens (primary N) is 1. The third-order valence-corrected chi connectivity index (χ3v) is 9.74. The van der Waals surface area contributed by atoms with Crippen molar-refractivity contribution in [1.82, 2.24) is 4.90 Å². The summed E-state index contributed by atoms with van der Waals surface area (Å²) in [5.41, 5.74) is 2.60. The van der Waals surface area contributed by atoms with Gasteiger partial charge in [-0.05, 0) is 61.1 Å². The average molecular weight is 527 g/mol. The largest absolute Gasteiger partial charge is 1.00 e. The smallest absolute Gasteiger partial charge is 0.232 e. The lowest BCUT2D eigenvalue weighted by Gasteiger charge is -2.46. The monoisotopic (exact) mass is 526 g/mol. The molecule has 6 heteroatoms. The quantitative estimate of drug-likeness (QED) is 0.653. The van der Waals surface area contributed by atoms with Gasteiger partial charge in [-0.25, -0.2) is 4.39 Å². The van der Waals surface area contributed by atoms with E-state index in [1.165, 1.54) is 37.7 Å². The number of piperidine rings is 1. The molecule has 200 valence electrons. The van der Waals surface area contributed by atoms with Crippen molar-refractivity contribution in [1.29, 1.82) is 0 Å². The van der Waals surface area contributed by atoms with E-state index in [-0.39, 0.29) is 36.1 Å². The van der Waals surface area contributed by atoms with Gasteiger partial charge >= 0.3 is 0 Å². The van der Waals surface area contributed by atoms with Crippen LogP contribution in [0, 0.1) is 17.7 Å². The number of ether oxygens (including phenoxy) is 1. The number of halogens is 2. The van der Waals surface area contributed by atoms with E-state index in [1.54, 1.807) is 12.1 Å². The molecule has 2 saturated heterocycles. The zero-order valence-electron chi connectivity index (χ0n) is 21.7. The fraction of sp³-hybridized carbons (Fsp3) is 0.581. The summed E-state index contributed by atoms with van der Waals surface area (Å²) in [7, 11) is 0. The molecule has 1 spiro atoms. The molecule has 4 nitrogen and oxygen atoms in total. The second-order valence-electron chi connectivity index (χ2n) is 11.6. The van der Waals surface area contributed by atoms with Gasteiger partial charge in [0.1, 0.15) is 11.7 Å². The number of nitrogens with zero attached hydrogens (tertiary/aromatic N) is 1. The second kappa shape index (κ2) is 11.4. The van der Waals surface area contributed by atoms with Gasteiger partial charge in [0.25, 0.3) is 0 Å². The highest BCUT2D eigenvalue weighted by Crippen LogP contribution is 2.44. The average Bonchev–Trinajstić information content (AvgIpc) is 3.25. The Labute approximate surface area is 226 Å². The van der Waals surface area contributed by atoms with Crippen molar-refractivity contribution in [3.8, 4) is 0 Å². The Bertz CT molecular complexity index is 1080. The summed E-state index contributed by atoms with van der Waals surface area (Å²) in [6.45, 7) is 3.25. The van der Waals surface area contributed by atoms with E-state index in [2.05, 4.69) is 40.5 Å². The van der Waals surface area contributed by atoms with E-state index >= 15 is 4.39 Å². The summed E-state index contributed by atoms with van der Waals surface area (Å²) in [5, 5.41) is 2.22. The van der Waals surface area contributed by atoms with Gasteiger partial charge in [-0.1, -0.05) is 61.7 Å². The topological polar surface area (TPSA) is 46.1 Å². The van der Waals surface area contributed by atoms with Gasteiger partial charge in [-0.2, -0.15) is 0 Å². The van der Waals surface area contributed by atoms with Gasteiger partial charge in [-0.15, -0.1) is 0 Å². The number of hydrogen-bond acceptors (Lipinski definition) is 2. The van der Waals surface area contributed by atoms with Crippen LogP contribution in [0.1, 0.15) is 67.6 Å². The first-order valence-corrected chi connectivity index (χ1v) is 14.2. The number of quaternary nitrogens is 1. The van der Waals surface area contributed by atoms with Crippen LogP contribution in [0.15, 0.2) is 48.5 Å². The molecule has 3 fully saturated rings. The number of fused-ring (bicyclic) bond motifs is 2. The minimum Gasteiger partial charge on any atom is -1.00 e. The Morgan fingerprint density at radius 2 is 1.84 bits per heavy atom. The molecule has 2 aromatic carbocycles. The maximum atomic E-state index is 15.4. The lowest BCUT2D eigenvalue weighted by atomic mass is 9.69. The number of carbonyl (C=O) groups excluding carboxylic acids is 1. The van der Waals surface area contributed by atoms with Gasteiger partial charge in [0.05, 0.1) is 31.7 Å². The van der Waals surface area contributed by atoms with Crippen molar-refractivity contribution in [3.63, 3.8) is 0 Å². The molecule has 0 bridgehead atoms. The molecular formula is C31H40ClFN2O2. The standard InChI is InChI=1S/C31H39FN2O2.ClH/c32-27-13-7-12-24-15-17-36-21-31(29(24)27)20-33-19-26(31)30(35)34-16-14-25(22-8-3-1-4-9-22)18-28(34)23-10-5-2-6-11-23;/h1,3-4,7-9,12-13,23,25-26,28,33H,2,5-6,10-11,14-21H2;1H/t25-,26+,28+,31?;/m1./s1. The molecule has 6 rings (SSSR count). The SMILES string of the molecule is O=C([C@@H]1C[NH2+]CC12COCCc1cccc(F)c12)N1CC[C@@H](c2ccccc2)C[C@H]1C1CCCCC1.[Cl-]. The van der Waals surface area contributed by atoms with Gasteiger partial charge in [0.15, 0.2) is 0 Å². The van der Waals surface area contributed by atoms with Crippen LogP contribution in [-0.2, 0) is 21.4 Å². The summed E-state index contributed by atoms with van der Waals surface area (Å²) in [6.07, 6.45) is 9.06. The number of hydrogen-bond donors (Lipinski definition) is 1. The van der Waals surface area contributed by atoms with Crippen molar-refractivity contribution >= 4 is 5.91 Å². The van der Waals surface area contributed by atoms with Crippen LogP contribution in [0.25, 0.3) is 0 Å². The predicted molar refractivity (Wildman–Crippen MR) is 138 cm³/mol. The fourth-order valence-corrected chi connectivity index (χ4v) is 7.96. The summed E-state index contributed by atoms with van der Waals surface area (Å²) >= 11 is 0. The molecule has 1 saturated carbocycles. The normalized spacial score (nSPS) is 30.4. The molecule has 0 aromatic heterocycles. The Morgan fingerprint density at radius 1 is 1.03 bits per heavy atom. The Kier molecular flexibility index (Phi) is 8.23. The Balaban J connectivity index is 0.00000280. The van der Waals surface area contributed by atoms with Crippen LogP contribution >= 0.6 is 0 Å². The third kappa shape index (κ3) is 4.95. The molecule has 1 aliphatic carbocycles. The van der Waals surface area contributed by atoms with Crippen LogP contribution in [0.3, 0.4) is 0 Å². The Morgan fingerprint density at radius 3 is 2.65 bits per heavy atom. The highest BCUT2D eigenvalue weighted by atomic mass is 35.5. The van der Waals surface area contributed by atoms with E-state index < -0.39 is 5.41 Å². The number of rotatable bonds is 3. The number of benzene rings is 2. The minimum absolute atomic E-state index is 0. The molecule has 1 unspecified atom stereocenters. The van der Waals surface area contributed by atoms with Crippen LogP contribution in [0.5, 0.6) is 0 Å². The van der Waals surface area contributed by atoms with Crippen molar-refractivity contribution < 1.29 is 31.6 Å². The second-order valence-corrected chi connectivity index (χ2v) is 11.6. The Hall–Kier alpha value is -1.95. The van der Waals surface area contributed by atoms with Crippen LogP contribution < -0.4 is 17.7 Å². The van der Waals surface area contributed by atoms with Crippen molar-refractivity contribution in [2.45, 2.75) is 68.7 Å². The lowest BCUT2D eigenvalue weighted by Crippen LogP contribution is -3.00. The van der Waals surface area contributed by atoms with Crippen LogP contribution in [0.2, 0.25) is 0 Å². The van der Waals surface area contributed by atoms with E-state index in [0.717, 1.165) is 30.5 Å². The van der Waals surface area contributed by atoms with Gasteiger partial charge < -0.3 is 27.4 Å². The zero-order valence-corrected chi connectivity index (χ0v) is 22.5. The first kappa shape index (κ1) is 26.6. The van der Waals surface area contributed by atoms with Gasteiger partial charge in [0, 0.05) is 18.2 Å². The summed E-state index contributed by atoms with van der Waals surface area (Å²) in [6, 6.07) is 16.6. The maximum Gasteiger partial charge on any atom is 0.232 e. The number of likely N-dealkylation sites (tertiary alicyclic amines) is 1. The molecule has 37 heavy (non-hydrogen) atoms. The van der Waals surface area contributed by atoms with Crippen LogP contribution in [-0.4, -0.2) is 49.7 Å². The summed E-state index contributed by atoms with van der Waals surface area (Å²) in [5.74, 6) is 0.907. The van der Waals surface area contributed by atoms with E-state index in [1.807, 2.05) is 6.07 Å². The predicted octanol–water partition coefficient (Wildman–Crippen LogP) is 1.19. The molecule has 1 amide bonds. The number of amides is 1. The highest BCUT2D eigenvalue weighted by molar-refractivity contribution is 5.82. The molecule has 0 radical (unpaired) electrons. The van der Waals surface area contributed by atoms with Crippen molar-refractivity contribution in [3.05, 3.63) is 71.0 Å². The minimum atomic E-state index is -0.582. The molecule has 2 aromatic rings. The first-order chi connectivity index (χ1) is 17.7. The molecule has 4 aliphatic rings. The van der Waals surface area contributed by atoms with Crippen LogP contribution in [0.4, 0.5) is 4.39 Å². The summed E-state index contributed by atoms with van der Waals surface area (Å²) in [4.78, 5) is 16.8. The van der Waals surface area contributed by atoms with Crippen molar-refractivity contribution in [2.24, 2.45) is 11.8 Å². The van der Waals surface area contributed by atoms with E-state index in [4.69, 9.17) is 4.74 Å². The molecule has 3 aliphatic heterocycles. The van der Waals surface area contributed by atoms with E-state index in [0.29, 0.717) is 44.6 Å². The van der Waals surface area contributed by atoms with Gasteiger partial charge in [-0.3, -0.25) is 4.79 Å². The molecule has 3 heterocycles. The summed E-state index contributed by atoms with van der Waals surface area (Å²) < 4.78 is 21.5. The molecule has 4 atom stereocenters. The maximum absolute atomic E-state index is 15.4. The molecule has 2 N–H and O–H groups in total. The number of carbonyl (C=O) groups is 1. The molecular weight excluding hydrogens is 487 g/mol. The fourth-order valence-electron chi connectivity index (χ4n) is 7.96.